The Kier molecular flexibility index (Phi) is 4.22. The average Bonchev–Trinajstić information content (AvgIpc) is 3.02. The van der Waals surface area contributed by atoms with Crippen LogP contribution in [-0.4, -0.2) is 62.4 Å². The SMILES string of the molecule is Fc1ccc(N2CCC(N3CC4NCCOC4C3)CC2)cc1F. The van der Waals surface area contributed by atoms with Gasteiger partial charge in [0.05, 0.1) is 12.7 Å². The lowest BCUT2D eigenvalue weighted by Crippen LogP contribution is -2.47. The number of nitrogens with zero attached hydrogens (tertiary/aromatic N) is 2. The van der Waals surface area contributed by atoms with E-state index in [0.717, 1.165) is 57.9 Å². The first-order chi connectivity index (χ1) is 11.2. The third kappa shape index (κ3) is 3.07. The minimum absolute atomic E-state index is 0.327. The zero-order chi connectivity index (χ0) is 15.8. The minimum Gasteiger partial charge on any atom is -0.374 e. The molecule has 2 unspecified atom stereocenters. The highest BCUT2D eigenvalue weighted by atomic mass is 19.2. The molecule has 4 nitrogen and oxygen atoms in total. The van der Waals surface area contributed by atoms with E-state index in [-0.39, 0.29) is 0 Å². The van der Waals surface area contributed by atoms with Gasteiger partial charge in [-0.3, -0.25) is 4.90 Å². The monoisotopic (exact) mass is 323 g/mol. The number of piperidine rings is 1. The Balaban J connectivity index is 1.35. The number of hydrogen-bond donors (Lipinski definition) is 1. The van der Waals surface area contributed by atoms with Gasteiger partial charge in [0.25, 0.3) is 0 Å². The molecule has 3 saturated heterocycles. The van der Waals surface area contributed by atoms with E-state index < -0.39 is 11.6 Å². The number of hydrogen-bond acceptors (Lipinski definition) is 4. The molecule has 0 spiro atoms. The summed E-state index contributed by atoms with van der Waals surface area (Å²) in [6.07, 6.45) is 2.43. The predicted octanol–water partition coefficient (Wildman–Crippen LogP) is 1.61. The Bertz CT molecular complexity index is 549. The van der Waals surface area contributed by atoms with Crippen LogP contribution in [0.2, 0.25) is 0 Å². The van der Waals surface area contributed by atoms with Gasteiger partial charge in [0.1, 0.15) is 0 Å². The molecule has 1 N–H and O–H groups in total. The smallest absolute Gasteiger partial charge is 0.160 e. The van der Waals surface area contributed by atoms with Gasteiger partial charge >= 0.3 is 0 Å². The third-order valence-electron chi connectivity index (χ3n) is 5.38. The number of fused-ring (bicyclic) bond motifs is 1. The van der Waals surface area contributed by atoms with Gasteiger partial charge in [0, 0.05) is 56.6 Å². The summed E-state index contributed by atoms with van der Waals surface area (Å²) in [7, 11) is 0. The van der Waals surface area contributed by atoms with Gasteiger partial charge in [0.15, 0.2) is 11.6 Å². The maximum absolute atomic E-state index is 13.4. The molecule has 0 bridgehead atoms. The Labute approximate surface area is 135 Å². The topological polar surface area (TPSA) is 27.7 Å². The molecular weight excluding hydrogens is 300 g/mol. The molecule has 2 atom stereocenters. The van der Waals surface area contributed by atoms with Crippen LogP contribution in [0.15, 0.2) is 18.2 Å². The number of ether oxygens (including phenoxy) is 1. The second kappa shape index (κ2) is 6.34. The minimum atomic E-state index is -0.782. The zero-order valence-corrected chi connectivity index (χ0v) is 13.2. The second-order valence-corrected chi connectivity index (χ2v) is 6.74. The molecule has 0 amide bonds. The molecule has 126 valence electrons. The number of halogens is 2. The molecule has 6 heteroatoms. The number of rotatable bonds is 2. The van der Waals surface area contributed by atoms with Gasteiger partial charge in [-0.2, -0.15) is 0 Å². The molecule has 3 aliphatic rings. The molecule has 0 aliphatic carbocycles. The van der Waals surface area contributed by atoms with Gasteiger partial charge in [-0.1, -0.05) is 0 Å². The van der Waals surface area contributed by atoms with Crippen molar-refractivity contribution in [1.29, 1.82) is 0 Å². The van der Waals surface area contributed by atoms with Crippen LogP contribution in [0.5, 0.6) is 0 Å². The summed E-state index contributed by atoms with van der Waals surface area (Å²) < 4.78 is 32.3. The number of benzene rings is 1. The van der Waals surface area contributed by atoms with Crippen LogP contribution in [-0.2, 0) is 4.74 Å². The number of anilines is 1. The predicted molar refractivity (Wildman–Crippen MR) is 84.7 cm³/mol. The maximum Gasteiger partial charge on any atom is 0.160 e. The lowest BCUT2D eigenvalue weighted by Gasteiger charge is -2.37. The summed E-state index contributed by atoms with van der Waals surface area (Å²) >= 11 is 0. The third-order valence-corrected chi connectivity index (χ3v) is 5.38. The lowest BCUT2D eigenvalue weighted by atomic mass is 10.0. The van der Waals surface area contributed by atoms with Crippen LogP contribution in [0.1, 0.15) is 12.8 Å². The fraction of sp³-hybridized carbons (Fsp3) is 0.647. The van der Waals surface area contributed by atoms with Crippen LogP contribution in [0.25, 0.3) is 0 Å². The van der Waals surface area contributed by atoms with Crippen molar-refractivity contribution in [2.45, 2.75) is 31.0 Å². The average molecular weight is 323 g/mol. The molecule has 3 heterocycles. The maximum atomic E-state index is 13.4. The fourth-order valence-corrected chi connectivity index (χ4v) is 4.09. The van der Waals surface area contributed by atoms with Crippen molar-refractivity contribution in [1.82, 2.24) is 10.2 Å². The Morgan fingerprint density at radius 2 is 1.91 bits per heavy atom. The van der Waals surface area contributed by atoms with Crippen LogP contribution in [0.3, 0.4) is 0 Å². The van der Waals surface area contributed by atoms with Crippen LogP contribution < -0.4 is 10.2 Å². The molecule has 23 heavy (non-hydrogen) atoms. The second-order valence-electron chi connectivity index (χ2n) is 6.74. The van der Waals surface area contributed by atoms with Crippen molar-refractivity contribution in [2.24, 2.45) is 0 Å². The molecule has 4 rings (SSSR count). The quantitative estimate of drug-likeness (QED) is 0.895. The standard InChI is InChI=1S/C17H23F2N3O/c18-14-2-1-13(9-15(14)19)21-6-3-12(4-7-21)22-10-16-17(11-22)23-8-5-20-16/h1-2,9,12,16-17,20H,3-8,10-11H2. The van der Waals surface area contributed by atoms with E-state index >= 15 is 0 Å². The Morgan fingerprint density at radius 1 is 1.09 bits per heavy atom. The van der Waals surface area contributed by atoms with Gasteiger partial charge in [-0.25, -0.2) is 8.78 Å². The first kappa shape index (κ1) is 15.3. The van der Waals surface area contributed by atoms with E-state index in [1.165, 1.54) is 12.1 Å². The van der Waals surface area contributed by atoms with Crippen molar-refractivity contribution >= 4 is 5.69 Å². The summed E-state index contributed by atoms with van der Waals surface area (Å²) in [4.78, 5) is 4.69. The van der Waals surface area contributed by atoms with E-state index in [1.807, 2.05) is 0 Å². The van der Waals surface area contributed by atoms with Crippen LogP contribution in [0.4, 0.5) is 14.5 Å². The van der Waals surface area contributed by atoms with E-state index in [9.17, 15) is 8.78 Å². The molecule has 0 saturated carbocycles. The normalized spacial score (nSPS) is 29.7. The highest BCUT2D eigenvalue weighted by Crippen LogP contribution is 2.27. The molecule has 3 fully saturated rings. The van der Waals surface area contributed by atoms with Crippen molar-refractivity contribution in [2.75, 3.05) is 44.2 Å². The highest BCUT2D eigenvalue weighted by Gasteiger charge is 2.38. The van der Waals surface area contributed by atoms with E-state index in [2.05, 4.69) is 15.1 Å². The number of likely N-dealkylation sites (tertiary alicyclic amines) is 1. The van der Waals surface area contributed by atoms with Gasteiger partial charge in [0.2, 0.25) is 0 Å². The van der Waals surface area contributed by atoms with Crippen LogP contribution >= 0.6 is 0 Å². The molecule has 0 radical (unpaired) electrons. The fourth-order valence-electron chi connectivity index (χ4n) is 4.09. The Hall–Kier alpha value is -1.24. The highest BCUT2D eigenvalue weighted by molar-refractivity contribution is 5.47. The Morgan fingerprint density at radius 3 is 2.65 bits per heavy atom. The van der Waals surface area contributed by atoms with Crippen molar-refractivity contribution in [3.8, 4) is 0 Å². The zero-order valence-electron chi connectivity index (χ0n) is 13.2. The van der Waals surface area contributed by atoms with Gasteiger partial charge < -0.3 is 15.0 Å². The number of morpholine rings is 1. The lowest BCUT2D eigenvalue weighted by molar-refractivity contribution is 0.0160. The number of nitrogens with one attached hydrogen (secondary N) is 1. The van der Waals surface area contributed by atoms with E-state index in [0.29, 0.717) is 18.2 Å². The van der Waals surface area contributed by atoms with E-state index in [4.69, 9.17) is 4.74 Å². The summed E-state index contributed by atoms with van der Waals surface area (Å²) in [5.41, 5.74) is 0.780. The summed E-state index contributed by atoms with van der Waals surface area (Å²) in [6, 6.07) is 5.21. The van der Waals surface area contributed by atoms with Crippen LogP contribution in [0, 0.1) is 11.6 Å². The first-order valence-corrected chi connectivity index (χ1v) is 8.50. The molecule has 1 aromatic carbocycles. The summed E-state index contributed by atoms with van der Waals surface area (Å²) in [6.45, 7) is 5.59. The molecular formula is C17H23F2N3O. The first-order valence-electron chi connectivity index (χ1n) is 8.50. The van der Waals surface area contributed by atoms with E-state index in [1.54, 1.807) is 6.07 Å². The van der Waals surface area contributed by atoms with Crippen molar-refractivity contribution in [3.05, 3.63) is 29.8 Å². The molecule has 0 aromatic heterocycles. The van der Waals surface area contributed by atoms with Gasteiger partial charge in [-0.15, -0.1) is 0 Å². The van der Waals surface area contributed by atoms with Crippen molar-refractivity contribution < 1.29 is 13.5 Å². The van der Waals surface area contributed by atoms with Gasteiger partial charge in [-0.05, 0) is 25.0 Å². The largest absolute Gasteiger partial charge is 0.374 e. The summed E-state index contributed by atoms with van der Waals surface area (Å²) in [5.74, 6) is -1.55. The molecule has 3 aliphatic heterocycles. The van der Waals surface area contributed by atoms with Crippen molar-refractivity contribution in [3.63, 3.8) is 0 Å². The molecule has 1 aromatic rings. The summed E-state index contributed by atoms with van der Waals surface area (Å²) in [5, 5.41) is 3.54.